The highest BCUT2D eigenvalue weighted by Gasteiger charge is 2.24. The molecule has 1 atom stereocenters. The predicted molar refractivity (Wildman–Crippen MR) is 96.9 cm³/mol. The zero-order chi connectivity index (χ0) is 17.6. The number of ether oxygens (including phenoxy) is 3. The second-order valence-electron chi connectivity index (χ2n) is 5.68. The molecule has 2 aromatic rings. The largest absolute Gasteiger partial charge is 0.489 e. The summed E-state index contributed by atoms with van der Waals surface area (Å²) in [5.74, 6) is 1.63. The molecule has 1 aliphatic heterocycles. The third-order valence-electron chi connectivity index (χ3n) is 4.07. The third kappa shape index (κ3) is 3.97. The van der Waals surface area contributed by atoms with Gasteiger partial charge in [-0.15, -0.1) is 11.6 Å². The average molecular weight is 359 g/mol. The van der Waals surface area contributed by atoms with Crippen LogP contribution in [-0.4, -0.2) is 25.1 Å². The van der Waals surface area contributed by atoms with E-state index in [1.165, 1.54) is 0 Å². The molecule has 2 aromatic carbocycles. The van der Waals surface area contributed by atoms with Crippen molar-refractivity contribution in [2.75, 3.05) is 19.3 Å². The molecular weight excluding hydrogens is 340 g/mol. The summed E-state index contributed by atoms with van der Waals surface area (Å²) in [7, 11) is 0. The van der Waals surface area contributed by atoms with Gasteiger partial charge in [-0.05, 0) is 35.7 Å². The van der Waals surface area contributed by atoms with Gasteiger partial charge in [0.05, 0.1) is 5.88 Å². The van der Waals surface area contributed by atoms with Crippen LogP contribution in [0.15, 0.2) is 55.1 Å². The summed E-state index contributed by atoms with van der Waals surface area (Å²) in [5.41, 5.74) is 1.80. The van der Waals surface area contributed by atoms with Crippen LogP contribution in [0.4, 0.5) is 0 Å². The van der Waals surface area contributed by atoms with E-state index in [0.717, 1.165) is 16.9 Å². The summed E-state index contributed by atoms with van der Waals surface area (Å²) in [5, 5.41) is 0. The van der Waals surface area contributed by atoms with Gasteiger partial charge in [0.25, 0.3) is 0 Å². The van der Waals surface area contributed by atoms with Crippen LogP contribution in [0.1, 0.15) is 17.0 Å². The number of fused-ring (bicyclic) bond motifs is 1. The standard InChI is InChI=1S/C20H19ClO4/c1-2-9-23-18-6-4-3-5-15(18)10-16(17(22)12-21)14-7-8-19-20(11-14)25-13-24-19/h2-8,11,16H,1,9-10,12-13H2. The minimum absolute atomic E-state index is 0.0425. The van der Waals surface area contributed by atoms with Gasteiger partial charge in [0.1, 0.15) is 12.4 Å². The number of carbonyl (C=O) groups is 1. The molecule has 0 saturated carbocycles. The highest BCUT2D eigenvalue weighted by molar-refractivity contribution is 6.28. The molecule has 5 heteroatoms. The first kappa shape index (κ1) is 17.4. The molecule has 0 fully saturated rings. The average Bonchev–Trinajstić information content (AvgIpc) is 3.12. The second kappa shape index (κ2) is 8.08. The van der Waals surface area contributed by atoms with Gasteiger partial charge < -0.3 is 14.2 Å². The quantitative estimate of drug-likeness (QED) is 0.526. The number of alkyl halides is 1. The number of hydrogen-bond donors (Lipinski definition) is 0. The zero-order valence-electron chi connectivity index (χ0n) is 13.7. The van der Waals surface area contributed by atoms with E-state index < -0.39 is 0 Å². The Balaban J connectivity index is 1.90. The Bertz CT molecular complexity index is 772. The number of para-hydroxylation sites is 1. The minimum atomic E-state index is -0.375. The fourth-order valence-electron chi connectivity index (χ4n) is 2.82. The first-order valence-electron chi connectivity index (χ1n) is 8.02. The molecule has 4 nitrogen and oxygen atoms in total. The van der Waals surface area contributed by atoms with Gasteiger partial charge in [0, 0.05) is 5.92 Å². The molecule has 130 valence electrons. The third-order valence-corrected chi connectivity index (χ3v) is 4.34. The smallest absolute Gasteiger partial charge is 0.231 e. The number of halogens is 1. The van der Waals surface area contributed by atoms with Crippen LogP contribution in [0.3, 0.4) is 0 Å². The SMILES string of the molecule is C=CCOc1ccccc1CC(C(=O)CCl)c1ccc2c(c1)OCO2. The monoisotopic (exact) mass is 358 g/mol. The van der Waals surface area contributed by atoms with Crippen molar-refractivity contribution in [2.24, 2.45) is 0 Å². The van der Waals surface area contributed by atoms with Gasteiger partial charge in [-0.2, -0.15) is 0 Å². The Hall–Kier alpha value is -2.46. The Morgan fingerprint density at radius 1 is 1.24 bits per heavy atom. The van der Waals surface area contributed by atoms with Crippen LogP contribution < -0.4 is 14.2 Å². The Kier molecular flexibility index (Phi) is 5.61. The molecule has 1 unspecified atom stereocenters. The Morgan fingerprint density at radius 2 is 2.04 bits per heavy atom. The lowest BCUT2D eigenvalue weighted by Gasteiger charge is -2.18. The lowest BCUT2D eigenvalue weighted by atomic mass is 9.88. The van der Waals surface area contributed by atoms with Crippen molar-refractivity contribution in [3.63, 3.8) is 0 Å². The van der Waals surface area contributed by atoms with Gasteiger partial charge in [0.2, 0.25) is 6.79 Å². The minimum Gasteiger partial charge on any atom is -0.489 e. The highest BCUT2D eigenvalue weighted by Crippen LogP contribution is 2.36. The second-order valence-corrected chi connectivity index (χ2v) is 5.94. The number of hydrogen-bond acceptors (Lipinski definition) is 4. The predicted octanol–water partition coefficient (Wildman–Crippen LogP) is 4.11. The summed E-state index contributed by atoms with van der Waals surface area (Å²) in [4.78, 5) is 12.5. The van der Waals surface area contributed by atoms with Crippen LogP contribution in [0.5, 0.6) is 17.2 Å². The number of ketones is 1. The van der Waals surface area contributed by atoms with Crippen LogP contribution in [0, 0.1) is 0 Å². The fraction of sp³-hybridized carbons (Fsp3) is 0.250. The maximum absolute atomic E-state index is 12.5. The molecule has 3 rings (SSSR count). The van der Waals surface area contributed by atoms with Crippen LogP contribution >= 0.6 is 11.6 Å². The van der Waals surface area contributed by atoms with Crippen molar-refractivity contribution in [3.8, 4) is 17.2 Å². The summed E-state index contributed by atoms with van der Waals surface area (Å²) in [6.07, 6.45) is 2.19. The van der Waals surface area contributed by atoms with Gasteiger partial charge in [-0.25, -0.2) is 0 Å². The van der Waals surface area contributed by atoms with E-state index >= 15 is 0 Å². The summed E-state index contributed by atoms with van der Waals surface area (Å²) < 4.78 is 16.5. The first-order valence-corrected chi connectivity index (χ1v) is 8.56. The van der Waals surface area contributed by atoms with E-state index in [2.05, 4.69) is 6.58 Å². The van der Waals surface area contributed by atoms with Crippen LogP contribution in [0.25, 0.3) is 0 Å². The molecule has 25 heavy (non-hydrogen) atoms. The maximum Gasteiger partial charge on any atom is 0.231 e. The van der Waals surface area contributed by atoms with Crippen molar-refractivity contribution in [1.82, 2.24) is 0 Å². The van der Waals surface area contributed by atoms with Gasteiger partial charge in [0.15, 0.2) is 17.3 Å². The first-order chi connectivity index (χ1) is 12.2. The molecule has 1 heterocycles. The van der Waals surface area contributed by atoms with Gasteiger partial charge in [-0.1, -0.05) is 36.9 Å². The topological polar surface area (TPSA) is 44.8 Å². The van der Waals surface area contributed by atoms with Crippen molar-refractivity contribution in [3.05, 3.63) is 66.2 Å². The van der Waals surface area contributed by atoms with E-state index in [-0.39, 0.29) is 24.4 Å². The van der Waals surface area contributed by atoms with Crippen molar-refractivity contribution in [2.45, 2.75) is 12.3 Å². The van der Waals surface area contributed by atoms with E-state index in [9.17, 15) is 4.79 Å². The number of benzene rings is 2. The molecule has 1 aliphatic rings. The lowest BCUT2D eigenvalue weighted by molar-refractivity contribution is -0.118. The fourth-order valence-corrected chi connectivity index (χ4v) is 3.01. The number of Topliss-reactive ketones (excluding diaryl/α,β-unsaturated/α-hetero) is 1. The Morgan fingerprint density at radius 3 is 2.84 bits per heavy atom. The van der Waals surface area contributed by atoms with Gasteiger partial charge in [-0.3, -0.25) is 4.79 Å². The van der Waals surface area contributed by atoms with Crippen LogP contribution in [-0.2, 0) is 11.2 Å². The number of carbonyl (C=O) groups excluding carboxylic acids is 1. The normalized spacial score (nSPS) is 13.3. The molecule has 0 radical (unpaired) electrons. The molecular formula is C20H19ClO4. The Labute approximate surface area is 152 Å². The molecule has 0 N–H and O–H groups in total. The summed E-state index contributed by atoms with van der Waals surface area (Å²) in [6.45, 7) is 4.28. The maximum atomic E-state index is 12.5. The van der Waals surface area contributed by atoms with Crippen LogP contribution in [0.2, 0.25) is 0 Å². The molecule has 0 amide bonds. The van der Waals surface area contributed by atoms with E-state index in [1.54, 1.807) is 6.08 Å². The van der Waals surface area contributed by atoms with Gasteiger partial charge >= 0.3 is 0 Å². The van der Waals surface area contributed by atoms with E-state index in [4.69, 9.17) is 25.8 Å². The van der Waals surface area contributed by atoms with E-state index in [1.807, 2.05) is 42.5 Å². The van der Waals surface area contributed by atoms with Crippen molar-refractivity contribution < 1.29 is 19.0 Å². The highest BCUT2D eigenvalue weighted by atomic mass is 35.5. The summed E-state index contributed by atoms with van der Waals surface area (Å²) >= 11 is 5.85. The molecule has 0 spiro atoms. The molecule has 0 aliphatic carbocycles. The number of rotatable bonds is 8. The molecule has 0 saturated heterocycles. The van der Waals surface area contributed by atoms with Crippen molar-refractivity contribution in [1.29, 1.82) is 0 Å². The molecule has 0 aromatic heterocycles. The van der Waals surface area contributed by atoms with E-state index in [0.29, 0.717) is 24.5 Å². The zero-order valence-corrected chi connectivity index (χ0v) is 14.5. The van der Waals surface area contributed by atoms with Crippen molar-refractivity contribution >= 4 is 17.4 Å². The summed E-state index contributed by atoms with van der Waals surface area (Å²) in [6, 6.07) is 13.2. The molecule has 0 bridgehead atoms. The lowest BCUT2D eigenvalue weighted by Crippen LogP contribution is -2.17.